The zero-order valence-electron chi connectivity index (χ0n) is 12.8. The highest BCUT2D eigenvalue weighted by molar-refractivity contribution is 5.76. The molecule has 0 aliphatic rings. The molecule has 0 atom stereocenters. The summed E-state index contributed by atoms with van der Waals surface area (Å²) in [6, 6.07) is 12.8. The summed E-state index contributed by atoms with van der Waals surface area (Å²) in [5.41, 5.74) is 7.05. The van der Waals surface area contributed by atoms with Gasteiger partial charge in [0.05, 0.1) is 0 Å². The van der Waals surface area contributed by atoms with Crippen molar-refractivity contribution in [3.8, 4) is 16.9 Å². The van der Waals surface area contributed by atoms with E-state index >= 15 is 0 Å². The van der Waals surface area contributed by atoms with Crippen molar-refractivity contribution in [3.63, 3.8) is 0 Å². The lowest BCUT2D eigenvalue weighted by atomic mass is 10.0. The predicted molar refractivity (Wildman–Crippen MR) is 84.1 cm³/mol. The summed E-state index contributed by atoms with van der Waals surface area (Å²) in [6.07, 6.45) is -4.50. The molecule has 7 heteroatoms. The Morgan fingerprint density at radius 3 is 2.38 bits per heavy atom. The maximum Gasteiger partial charge on any atom is 0.573 e. The van der Waals surface area contributed by atoms with Gasteiger partial charge >= 0.3 is 6.36 Å². The molecule has 4 nitrogen and oxygen atoms in total. The zero-order chi connectivity index (χ0) is 17.6. The van der Waals surface area contributed by atoms with Crippen molar-refractivity contribution in [2.24, 2.45) is 5.73 Å². The number of benzene rings is 2. The standard InChI is InChI=1S/C17H17F3N2O2/c18-17(19,20)24-15-4-2-1-3-14(15)13-7-5-12(6-8-13)11-22-16(23)9-10-21/h1-8H,9-11,21H2,(H,22,23). The maximum absolute atomic E-state index is 12.5. The molecule has 0 aromatic heterocycles. The minimum atomic E-state index is -4.75. The lowest BCUT2D eigenvalue weighted by Gasteiger charge is -2.13. The average molecular weight is 338 g/mol. The molecule has 0 unspecified atom stereocenters. The molecule has 0 saturated heterocycles. The van der Waals surface area contributed by atoms with Crippen molar-refractivity contribution in [3.05, 3.63) is 54.1 Å². The molecule has 128 valence electrons. The SMILES string of the molecule is NCCC(=O)NCc1ccc(-c2ccccc2OC(F)(F)F)cc1. The number of ether oxygens (including phenoxy) is 1. The van der Waals surface area contributed by atoms with Gasteiger partial charge in [0.25, 0.3) is 0 Å². The number of alkyl halides is 3. The molecule has 0 radical (unpaired) electrons. The van der Waals surface area contributed by atoms with E-state index in [2.05, 4.69) is 10.1 Å². The highest BCUT2D eigenvalue weighted by atomic mass is 19.4. The summed E-state index contributed by atoms with van der Waals surface area (Å²) >= 11 is 0. The smallest absolute Gasteiger partial charge is 0.405 e. The van der Waals surface area contributed by atoms with Crippen molar-refractivity contribution in [2.45, 2.75) is 19.3 Å². The van der Waals surface area contributed by atoms with Gasteiger partial charge in [0.15, 0.2) is 0 Å². The van der Waals surface area contributed by atoms with Crippen LogP contribution in [-0.4, -0.2) is 18.8 Å². The average Bonchev–Trinajstić information content (AvgIpc) is 2.53. The van der Waals surface area contributed by atoms with Gasteiger partial charge in [-0.3, -0.25) is 4.79 Å². The van der Waals surface area contributed by atoms with Gasteiger partial charge in [0.1, 0.15) is 5.75 Å². The predicted octanol–water partition coefficient (Wildman–Crippen LogP) is 3.22. The van der Waals surface area contributed by atoms with Crippen LogP contribution >= 0.6 is 0 Å². The monoisotopic (exact) mass is 338 g/mol. The van der Waals surface area contributed by atoms with E-state index in [-0.39, 0.29) is 24.6 Å². The van der Waals surface area contributed by atoms with Crippen LogP contribution in [-0.2, 0) is 11.3 Å². The first-order valence-electron chi connectivity index (χ1n) is 7.30. The Morgan fingerprint density at radius 2 is 1.75 bits per heavy atom. The summed E-state index contributed by atoms with van der Waals surface area (Å²) in [7, 11) is 0. The van der Waals surface area contributed by atoms with Crippen LogP contribution in [0.25, 0.3) is 11.1 Å². The molecule has 3 N–H and O–H groups in total. The fourth-order valence-corrected chi connectivity index (χ4v) is 2.14. The maximum atomic E-state index is 12.5. The van der Waals surface area contributed by atoms with E-state index in [9.17, 15) is 18.0 Å². The molecule has 2 aromatic carbocycles. The van der Waals surface area contributed by atoms with Gasteiger partial charge in [0.2, 0.25) is 5.91 Å². The van der Waals surface area contributed by atoms with Crippen LogP contribution < -0.4 is 15.8 Å². The highest BCUT2D eigenvalue weighted by Gasteiger charge is 2.32. The van der Waals surface area contributed by atoms with Gasteiger partial charge in [-0.25, -0.2) is 0 Å². The van der Waals surface area contributed by atoms with Gasteiger partial charge in [-0.15, -0.1) is 13.2 Å². The summed E-state index contributed by atoms with van der Waals surface area (Å²) < 4.78 is 41.5. The number of halogens is 3. The Hall–Kier alpha value is -2.54. The van der Waals surface area contributed by atoms with E-state index in [0.29, 0.717) is 17.7 Å². The molecule has 2 rings (SSSR count). The third-order valence-electron chi connectivity index (χ3n) is 3.24. The Morgan fingerprint density at radius 1 is 1.08 bits per heavy atom. The molecule has 0 fully saturated rings. The fourth-order valence-electron chi connectivity index (χ4n) is 2.14. The molecule has 1 amide bonds. The van der Waals surface area contributed by atoms with E-state index in [0.717, 1.165) is 5.56 Å². The molecule has 0 aliphatic heterocycles. The summed E-state index contributed by atoms with van der Waals surface area (Å²) in [5, 5.41) is 2.71. The number of rotatable bonds is 6. The van der Waals surface area contributed by atoms with Crippen LogP contribution in [0, 0.1) is 0 Å². The van der Waals surface area contributed by atoms with Gasteiger partial charge < -0.3 is 15.8 Å². The van der Waals surface area contributed by atoms with Crippen LogP contribution in [0.3, 0.4) is 0 Å². The van der Waals surface area contributed by atoms with Gasteiger partial charge in [-0.2, -0.15) is 0 Å². The molecule has 0 spiro atoms. The molecule has 0 heterocycles. The number of hydrogen-bond donors (Lipinski definition) is 2. The molecule has 0 bridgehead atoms. The van der Waals surface area contributed by atoms with Crippen LogP contribution in [0.4, 0.5) is 13.2 Å². The van der Waals surface area contributed by atoms with Crippen molar-refractivity contribution in [1.82, 2.24) is 5.32 Å². The van der Waals surface area contributed by atoms with Crippen molar-refractivity contribution >= 4 is 5.91 Å². The molecular formula is C17H17F3N2O2. The molecular weight excluding hydrogens is 321 g/mol. The van der Waals surface area contributed by atoms with Gasteiger partial charge in [-0.05, 0) is 17.2 Å². The van der Waals surface area contributed by atoms with Gasteiger partial charge in [-0.1, -0.05) is 42.5 Å². The van der Waals surface area contributed by atoms with Crippen molar-refractivity contribution in [1.29, 1.82) is 0 Å². The number of nitrogens with two attached hydrogens (primary N) is 1. The first-order chi connectivity index (χ1) is 11.4. The fraction of sp³-hybridized carbons (Fsp3) is 0.235. The minimum Gasteiger partial charge on any atom is -0.405 e. The molecule has 24 heavy (non-hydrogen) atoms. The second kappa shape index (κ2) is 7.83. The number of carbonyl (C=O) groups is 1. The second-order valence-corrected chi connectivity index (χ2v) is 5.06. The Bertz CT molecular complexity index is 685. The minimum absolute atomic E-state index is 0.148. The molecule has 0 saturated carbocycles. The molecule has 0 aliphatic carbocycles. The normalized spacial score (nSPS) is 11.2. The lowest BCUT2D eigenvalue weighted by molar-refractivity contribution is -0.274. The molecule has 2 aromatic rings. The Labute approximate surface area is 137 Å². The number of nitrogens with one attached hydrogen (secondary N) is 1. The highest BCUT2D eigenvalue weighted by Crippen LogP contribution is 2.33. The first-order valence-corrected chi connectivity index (χ1v) is 7.30. The zero-order valence-corrected chi connectivity index (χ0v) is 12.8. The third-order valence-corrected chi connectivity index (χ3v) is 3.24. The first kappa shape index (κ1) is 17.8. The van der Waals surface area contributed by atoms with E-state index in [1.165, 1.54) is 12.1 Å². The van der Waals surface area contributed by atoms with Crippen molar-refractivity contribution in [2.75, 3.05) is 6.54 Å². The number of para-hydroxylation sites is 1. The number of carbonyl (C=O) groups excluding carboxylic acids is 1. The summed E-state index contributed by atoms with van der Waals surface area (Å²) in [4.78, 5) is 11.4. The quantitative estimate of drug-likeness (QED) is 0.850. The van der Waals surface area contributed by atoms with E-state index in [1.54, 1.807) is 36.4 Å². The third kappa shape index (κ3) is 5.27. The Kier molecular flexibility index (Phi) is 5.81. The lowest BCUT2D eigenvalue weighted by Crippen LogP contribution is -2.24. The van der Waals surface area contributed by atoms with Crippen LogP contribution in [0.5, 0.6) is 5.75 Å². The van der Waals surface area contributed by atoms with Crippen LogP contribution in [0.15, 0.2) is 48.5 Å². The van der Waals surface area contributed by atoms with Crippen LogP contribution in [0.2, 0.25) is 0 Å². The van der Waals surface area contributed by atoms with E-state index in [4.69, 9.17) is 5.73 Å². The van der Waals surface area contributed by atoms with Crippen molar-refractivity contribution < 1.29 is 22.7 Å². The number of amides is 1. The largest absolute Gasteiger partial charge is 0.573 e. The summed E-state index contributed by atoms with van der Waals surface area (Å²) in [5.74, 6) is -0.403. The van der Waals surface area contributed by atoms with Crippen LogP contribution in [0.1, 0.15) is 12.0 Å². The second-order valence-electron chi connectivity index (χ2n) is 5.06. The number of hydrogen-bond acceptors (Lipinski definition) is 3. The van der Waals surface area contributed by atoms with E-state index in [1.807, 2.05) is 0 Å². The Balaban J connectivity index is 2.12. The topological polar surface area (TPSA) is 64.4 Å². The van der Waals surface area contributed by atoms with Gasteiger partial charge in [0, 0.05) is 25.1 Å². The van der Waals surface area contributed by atoms with E-state index < -0.39 is 6.36 Å². The summed E-state index contributed by atoms with van der Waals surface area (Å²) in [6.45, 7) is 0.612.